The summed E-state index contributed by atoms with van der Waals surface area (Å²) >= 11 is 0. The second kappa shape index (κ2) is 11.2. The van der Waals surface area contributed by atoms with Gasteiger partial charge in [-0.1, -0.05) is 19.9 Å². The zero-order valence-electron chi connectivity index (χ0n) is 22.4. The number of hydrogen-bond donors (Lipinski definition) is 2. The molecular formula is C28H39N3O5. The van der Waals surface area contributed by atoms with Gasteiger partial charge in [0, 0.05) is 6.20 Å². The van der Waals surface area contributed by atoms with E-state index in [9.17, 15) is 9.59 Å². The van der Waals surface area contributed by atoms with E-state index >= 15 is 0 Å². The summed E-state index contributed by atoms with van der Waals surface area (Å²) in [5.74, 6) is 2.05. The van der Waals surface area contributed by atoms with Gasteiger partial charge in [-0.2, -0.15) is 0 Å². The maximum absolute atomic E-state index is 12.5. The molecule has 1 atom stereocenters. The third-order valence-corrected chi connectivity index (χ3v) is 5.74. The number of hydrogen-bond acceptors (Lipinski definition) is 6. The molecule has 2 N–H and O–H groups in total. The number of anilines is 1. The van der Waals surface area contributed by atoms with Crippen LogP contribution >= 0.6 is 0 Å². The van der Waals surface area contributed by atoms with E-state index in [0.29, 0.717) is 24.3 Å². The van der Waals surface area contributed by atoms with Crippen molar-refractivity contribution < 1.29 is 23.8 Å². The first-order valence-corrected chi connectivity index (χ1v) is 12.5. The minimum atomic E-state index is -0.588. The molecule has 1 aromatic carbocycles. The van der Waals surface area contributed by atoms with Gasteiger partial charge in [-0.25, -0.2) is 14.6 Å². The predicted octanol–water partition coefficient (Wildman–Crippen LogP) is 6.51. The molecule has 3 rings (SSSR count). The average molecular weight is 498 g/mol. The molecule has 2 amide bonds. The Bertz CT molecular complexity index is 1080. The Labute approximate surface area is 214 Å². The van der Waals surface area contributed by atoms with Crippen molar-refractivity contribution in [3.05, 3.63) is 42.1 Å². The van der Waals surface area contributed by atoms with Gasteiger partial charge in [-0.15, -0.1) is 0 Å². The first-order chi connectivity index (χ1) is 16.9. The summed E-state index contributed by atoms with van der Waals surface area (Å²) in [5, 5.41) is 5.64. The van der Waals surface area contributed by atoms with Crippen LogP contribution in [0.3, 0.4) is 0 Å². The van der Waals surface area contributed by atoms with Gasteiger partial charge in [0.1, 0.15) is 23.8 Å². The van der Waals surface area contributed by atoms with Crippen molar-refractivity contribution in [3.8, 4) is 16.9 Å². The van der Waals surface area contributed by atoms with Crippen LogP contribution in [0.4, 0.5) is 15.4 Å². The molecular weight excluding hydrogens is 458 g/mol. The van der Waals surface area contributed by atoms with E-state index in [2.05, 4.69) is 40.3 Å². The van der Waals surface area contributed by atoms with E-state index in [1.54, 1.807) is 6.20 Å². The van der Waals surface area contributed by atoms with Crippen molar-refractivity contribution in [3.63, 3.8) is 0 Å². The Hall–Kier alpha value is -3.29. The normalized spacial score (nSPS) is 15.1. The number of rotatable bonds is 9. The quantitative estimate of drug-likeness (QED) is 0.410. The average Bonchev–Trinajstić information content (AvgIpc) is 3.61. The highest BCUT2D eigenvalue weighted by atomic mass is 16.6. The molecule has 0 aliphatic heterocycles. The lowest BCUT2D eigenvalue weighted by Crippen LogP contribution is -2.52. The van der Waals surface area contributed by atoms with Crippen LogP contribution in [0.5, 0.6) is 5.75 Å². The second-order valence-corrected chi connectivity index (χ2v) is 11.1. The summed E-state index contributed by atoms with van der Waals surface area (Å²) < 4.78 is 16.5. The number of benzene rings is 1. The number of alkyl carbamates (subject to hydrolysis) is 1. The summed E-state index contributed by atoms with van der Waals surface area (Å²) in [5.41, 5.74) is 1.93. The molecule has 8 nitrogen and oxygen atoms in total. The molecule has 196 valence electrons. The smallest absolute Gasteiger partial charge is 0.412 e. The molecule has 1 aliphatic rings. The molecule has 1 saturated carbocycles. The fourth-order valence-corrected chi connectivity index (χ4v) is 4.24. The second-order valence-electron chi connectivity index (χ2n) is 11.1. The van der Waals surface area contributed by atoms with Crippen molar-refractivity contribution in [2.24, 2.45) is 5.92 Å². The molecule has 0 unspecified atom stereocenters. The standard InChI is InChI=1S/C28H39N3O5/c1-18(2)16-28(6,31-26(33)36-27(3,4)5)17-35-23-11-10-20(14-22(23)19-8-9-19)21-12-13-29-24(15-21)30-25(32)34-7/h10-15,18-19H,8-9,16-17H2,1-7H3,(H,31,33)(H,29,30,32)/t28-/m0/s1. The van der Waals surface area contributed by atoms with Gasteiger partial charge in [-0.05, 0) is 99.7 Å². The van der Waals surface area contributed by atoms with E-state index in [1.165, 1.54) is 7.11 Å². The van der Waals surface area contributed by atoms with Crippen molar-refractivity contribution in [2.45, 2.75) is 77.9 Å². The van der Waals surface area contributed by atoms with Crippen molar-refractivity contribution in [1.82, 2.24) is 10.3 Å². The third-order valence-electron chi connectivity index (χ3n) is 5.74. The first kappa shape index (κ1) is 27.3. The van der Waals surface area contributed by atoms with Crippen LogP contribution in [0, 0.1) is 5.92 Å². The summed E-state index contributed by atoms with van der Waals surface area (Å²) in [6, 6.07) is 9.85. The minimum Gasteiger partial charge on any atom is -0.491 e. The molecule has 8 heteroatoms. The van der Waals surface area contributed by atoms with Crippen molar-refractivity contribution in [1.29, 1.82) is 0 Å². The molecule has 0 bridgehead atoms. The molecule has 1 heterocycles. The number of nitrogens with one attached hydrogen (secondary N) is 2. The number of nitrogens with zero attached hydrogens (tertiary/aromatic N) is 1. The number of ether oxygens (including phenoxy) is 3. The number of methoxy groups -OCH3 is 1. The van der Waals surface area contributed by atoms with Gasteiger partial charge in [0.15, 0.2) is 0 Å². The van der Waals surface area contributed by atoms with Crippen molar-refractivity contribution >= 4 is 18.0 Å². The van der Waals surface area contributed by atoms with Crippen LogP contribution in [-0.2, 0) is 9.47 Å². The number of amides is 2. The third kappa shape index (κ3) is 8.14. The predicted molar refractivity (Wildman–Crippen MR) is 140 cm³/mol. The van der Waals surface area contributed by atoms with Gasteiger partial charge >= 0.3 is 12.2 Å². The lowest BCUT2D eigenvalue weighted by atomic mass is 9.91. The molecule has 0 spiro atoms. The summed E-state index contributed by atoms with van der Waals surface area (Å²) in [6.45, 7) is 12.1. The Morgan fingerprint density at radius 2 is 1.75 bits per heavy atom. The van der Waals surface area contributed by atoms with E-state index < -0.39 is 23.3 Å². The molecule has 36 heavy (non-hydrogen) atoms. The van der Waals surface area contributed by atoms with Gasteiger partial charge < -0.3 is 19.5 Å². The van der Waals surface area contributed by atoms with Crippen LogP contribution in [0.15, 0.2) is 36.5 Å². The largest absolute Gasteiger partial charge is 0.491 e. The highest BCUT2D eigenvalue weighted by molar-refractivity contribution is 5.84. The van der Waals surface area contributed by atoms with Crippen molar-refractivity contribution in [2.75, 3.05) is 19.0 Å². The van der Waals surface area contributed by atoms with Crippen LogP contribution in [0.25, 0.3) is 11.1 Å². The fraction of sp³-hybridized carbons (Fsp3) is 0.536. The van der Waals surface area contributed by atoms with Gasteiger partial charge in [0.2, 0.25) is 0 Å². The van der Waals surface area contributed by atoms with Crippen LogP contribution in [-0.4, -0.2) is 42.0 Å². The molecule has 2 aromatic rings. The highest BCUT2D eigenvalue weighted by Gasteiger charge is 2.32. The van der Waals surface area contributed by atoms with E-state index in [-0.39, 0.29) is 0 Å². The number of carbonyl (C=O) groups excluding carboxylic acids is 2. The Morgan fingerprint density at radius 3 is 2.36 bits per heavy atom. The Morgan fingerprint density at radius 1 is 1.06 bits per heavy atom. The maximum Gasteiger partial charge on any atom is 0.412 e. The maximum atomic E-state index is 12.5. The Kier molecular flexibility index (Phi) is 8.48. The summed E-state index contributed by atoms with van der Waals surface area (Å²) in [6.07, 6.45) is 3.63. The van der Waals surface area contributed by atoms with Crippen LogP contribution in [0.1, 0.15) is 72.3 Å². The molecule has 0 radical (unpaired) electrons. The van der Waals surface area contributed by atoms with Crippen LogP contribution < -0.4 is 15.4 Å². The summed E-state index contributed by atoms with van der Waals surface area (Å²) in [4.78, 5) is 28.3. The molecule has 1 aliphatic carbocycles. The van der Waals surface area contributed by atoms with Gasteiger partial charge in [0.25, 0.3) is 0 Å². The molecule has 1 aromatic heterocycles. The molecule has 1 fully saturated rings. The first-order valence-electron chi connectivity index (χ1n) is 12.5. The number of pyridine rings is 1. The van der Waals surface area contributed by atoms with Gasteiger partial charge in [-0.3, -0.25) is 5.32 Å². The fourth-order valence-electron chi connectivity index (χ4n) is 4.24. The highest BCUT2D eigenvalue weighted by Crippen LogP contribution is 2.46. The SMILES string of the molecule is COC(=O)Nc1cc(-c2ccc(OC[C@](C)(CC(C)C)NC(=O)OC(C)(C)C)c(C3CC3)c2)ccn1. The van der Waals surface area contributed by atoms with Crippen LogP contribution in [0.2, 0.25) is 0 Å². The Balaban J connectivity index is 1.79. The summed E-state index contributed by atoms with van der Waals surface area (Å²) in [7, 11) is 1.31. The zero-order valence-corrected chi connectivity index (χ0v) is 22.4. The van der Waals surface area contributed by atoms with Gasteiger partial charge in [0.05, 0.1) is 12.6 Å². The minimum absolute atomic E-state index is 0.325. The lowest BCUT2D eigenvalue weighted by Gasteiger charge is -2.33. The van der Waals surface area contributed by atoms with E-state index in [4.69, 9.17) is 9.47 Å². The lowest BCUT2D eigenvalue weighted by molar-refractivity contribution is 0.0407. The monoisotopic (exact) mass is 497 g/mol. The number of carbonyl (C=O) groups is 2. The topological polar surface area (TPSA) is 98.8 Å². The number of aromatic nitrogens is 1. The van der Waals surface area contributed by atoms with E-state index in [1.807, 2.05) is 52.0 Å². The zero-order chi connectivity index (χ0) is 26.5. The molecule has 0 saturated heterocycles. The van der Waals surface area contributed by atoms with E-state index in [0.717, 1.165) is 41.7 Å².